The van der Waals surface area contributed by atoms with E-state index < -0.39 is 0 Å². The Bertz CT molecular complexity index is 916. The zero-order chi connectivity index (χ0) is 17.9. The quantitative estimate of drug-likeness (QED) is 0.706. The summed E-state index contributed by atoms with van der Waals surface area (Å²) in [5.74, 6) is 0.710. The van der Waals surface area contributed by atoms with Gasteiger partial charge in [-0.15, -0.1) is 11.3 Å². The minimum Gasteiger partial charge on any atom is -0.493 e. The Labute approximate surface area is 156 Å². The molecule has 6 heteroatoms. The number of piperazine rings is 1. The summed E-state index contributed by atoms with van der Waals surface area (Å²) in [5, 5.41) is 2.08. The number of anilines is 1. The lowest BCUT2D eigenvalue weighted by molar-refractivity contribution is 0.0742. The molecule has 1 saturated heterocycles. The van der Waals surface area contributed by atoms with Crippen LogP contribution in [0.5, 0.6) is 5.75 Å². The maximum Gasteiger partial charge on any atom is 0.257 e. The Morgan fingerprint density at radius 1 is 1.15 bits per heavy atom. The van der Waals surface area contributed by atoms with E-state index in [1.54, 1.807) is 11.3 Å². The van der Waals surface area contributed by atoms with Gasteiger partial charge in [-0.25, -0.2) is 0 Å². The van der Waals surface area contributed by atoms with Crippen LogP contribution in [0.3, 0.4) is 0 Å². The van der Waals surface area contributed by atoms with Crippen molar-refractivity contribution in [1.29, 1.82) is 0 Å². The van der Waals surface area contributed by atoms with E-state index in [1.807, 2.05) is 48.4 Å². The topological polar surface area (TPSA) is 45.7 Å². The molecule has 3 heterocycles. The Hall–Kier alpha value is -2.60. The van der Waals surface area contributed by atoms with Gasteiger partial charge >= 0.3 is 0 Å². The van der Waals surface area contributed by atoms with Gasteiger partial charge in [-0.1, -0.05) is 12.1 Å². The highest BCUT2D eigenvalue weighted by Crippen LogP contribution is 2.31. The minimum absolute atomic E-state index is 0.0460. The van der Waals surface area contributed by atoms with Crippen LogP contribution < -0.4 is 9.64 Å². The highest BCUT2D eigenvalue weighted by atomic mass is 32.1. The van der Waals surface area contributed by atoms with Crippen molar-refractivity contribution in [1.82, 2.24) is 9.88 Å². The smallest absolute Gasteiger partial charge is 0.257 e. The fraction of sp³-hybridized carbons (Fsp3) is 0.300. The molecule has 134 valence electrons. The molecule has 4 rings (SSSR count). The number of carbonyl (C=O) groups is 1. The van der Waals surface area contributed by atoms with E-state index in [9.17, 15) is 4.79 Å². The molecule has 2 aromatic heterocycles. The van der Waals surface area contributed by atoms with Crippen molar-refractivity contribution < 1.29 is 9.53 Å². The van der Waals surface area contributed by atoms with Crippen LogP contribution in [0.15, 0.2) is 48.0 Å². The SMILES string of the molecule is CCOc1ccccc1C(=O)N1CCN(c2ccnc3ccsc23)CC1. The van der Waals surface area contributed by atoms with Crippen molar-refractivity contribution in [2.75, 3.05) is 37.7 Å². The fourth-order valence-electron chi connectivity index (χ4n) is 3.35. The van der Waals surface area contributed by atoms with Gasteiger partial charge in [0.2, 0.25) is 0 Å². The van der Waals surface area contributed by atoms with Crippen LogP contribution in [0.1, 0.15) is 17.3 Å². The lowest BCUT2D eigenvalue weighted by Crippen LogP contribution is -2.48. The number of thiophene rings is 1. The van der Waals surface area contributed by atoms with Crippen LogP contribution in [0.2, 0.25) is 0 Å². The first-order valence-corrected chi connectivity index (χ1v) is 9.74. The lowest BCUT2D eigenvalue weighted by Gasteiger charge is -2.36. The zero-order valence-corrected chi connectivity index (χ0v) is 15.5. The molecule has 0 bridgehead atoms. The summed E-state index contributed by atoms with van der Waals surface area (Å²) in [4.78, 5) is 21.6. The molecule has 26 heavy (non-hydrogen) atoms. The van der Waals surface area contributed by atoms with Crippen molar-refractivity contribution in [2.24, 2.45) is 0 Å². The van der Waals surface area contributed by atoms with E-state index >= 15 is 0 Å². The van der Waals surface area contributed by atoms with Crippen LogP contribution in [0, 0.1) is 0 Å². The first kappa shape index (κ1) is 16.8. The number of rotatable bonds is 4. The standard InChI is InChI=1S/C20H21N3O2S/c1-2-25-18-6-4-3-5-15(18)20(24)23-12-10-22(11-13-23)17-7-9-21-16-8-14-26-19(16)17/h3-9,14H,2,10-13H2,1H3. The van der Waals surface area contributed by atoms with E-state index in [-0.39, 0.29) is 5.91 Å². The second-order valence-corrected chi connectivity index (χ2v) is 7.09. The molecular formula is C20H21N3O2S. The third kappa shape index (κ3) is 3.12. The number of para-hydroxylation sites is 1. The van der Waals surface area contributed by atoms with E-state index in [2.05, 4.69) is 21.3 Å². The van der Waals surface area contributed by atoms with Crippen molar-refractivity contribution in [3.05, 3.63) is 53.5 Å². The van der Waals surface area contributed by atoms with Gasteiger partial charge in [-0.05, 0) is 36.6 Å². The molecule has 1 fully saturated rings. The molecule has 0 aliphatic carbocycles. The average molecular weight is 367 g/mol. The Morgan fingerprint density at radius 2 is 1.96 bits per heavy atom. The van der Waals surface area contributed by atoms with Crippen molar-refractivity contribution in [2.45, 2.75) is 6.92 Å². The largest absolute Gasteiger partial charge is 0.493 e. The Kier molecular flexibility index (Phi) is 4.75. The fourth-order valence-corrected chi connectivity index (χ4v) is 4.25. The Morgan fingerprint density at radius 3 is 2.77 bits per heavy atom. The summed E-state index contributed by atoms with van der Waals surface area (Å²) in [6.45, 7) is 5.53. The van der Waals surface area contributed by atoms with Gasteiger partial charge < -0.3 is 14.5 Å². The minimum atomic E-state index is 0.0460. The third-order valence-corrected chi connectivity index (χ3v) is 5.57. The number of nitrogens with zero attached hydrogens (tertiary/aromatic N) is 3. The lowest BCUT2D eigenvalue weighted by atomic mass is 10.1. The number of hydrogen-bond donors (Lipinski definition) is 0. The van der Waals surface area contributed by atoms with Crippen LogP contribution in [-0.2, 0) is 0 Å². The van der Waals surface area contributed by atoms with Crippen molar-refractivity contribution >= 4 is 33.1 Å². The van der Waals surface area contributed by atoms with Gasteiger partial charge in [0.25, 0.3) is 5.91 Å². The summed E-state index contributed by atoms with van der Waals surface area (Å²) in [6.07, 6.45) is 1.86. The molecule has 0 spiro atoms. The van der Waals surface area contributed by atoms with Gasteiger partial charge in [0.05, 0.1) is 28.1 Å². The predicted molar refractivity (Wildman–Crippen MR) is 105 cm³/mol. The first-order chi connectivity index (χ1) is 12.8. The van der Waals surface area contributed by atoms with Gasteiger partial charge in [0, 0.05) is 32.4 Å². The van der Waals surface area contributed by atoms with E-state index in [0.717, 1.165) is 18.6 Å². The number of carbonyl (C=O) groups excluding carboxylic acids is 1. The predicted octanol–water partition coefficient (Wildman–Crippen LogP) is 3.66. The first-order valence-electron chi connectivity index (χ1n) is 8.86. The molecule has 5 nitrogen and oxygen atoms in total. The maximum atomic E-state index is 12.9. The van der Waals surface area contributed by atoms with Gasteiger partial charge in [-0.2, -0.15) is 0 Å². The number of pyridine rings is 1. The van der Waals surface area contributed by atoms with Crippen molar-refractivity contribution in [3.63, 3.8) is 0 Å². The van der Waals surface area contributed by atoms with Gasteiger partial charge in [0.15, 0.2) is 0 Å². The number of hydrogen-bond acceptors (Lipinski definition) is 5. The Balaban J connectivity index is 1.49. The molecule has 0 radical (unpaired) electrons. The molecule has 1 aromatic carbocycles. The number of benzene rings is 1. The number of ether oxygens (including phenoxy) is 1. The molecule has 0 saturated carbocycles. The number of aromatic nitrogens is 1. The highest BCUT2D eigenvalue weighted by molar-refractivity contribution is 7.17. The van der Waals surface area contributed by atoms with Crippen LogP contribution in [0.25, 0.3) is 10.2 Å². The molecule has 3 aromatic rings. The van der Waals surface area contributed by atoms with Gasteiger partial charge in [-0.3, -0.25) is 9.78 Å². The third-order valence-electron chi connectivity index (χ3n) is 4.65. The molecular weight excluding hydrogens is 346 g/mol. The second-order valence-electron chi connectivity index (χ2n) is 6.17. The second kappa shape index (κ2) is 7.33. The summed E-state index contributed by atoms with van der Waals surface area (Å²) < 4.78 is 6.83. The van der Waals surface area contributed by atoms with Crippen LogP contribution in [0.4, 0.5) is 5.69 Å². The van der Waals surface area contributed by atoms with Gasteiger partial charge in [0.1, 0.15) is 5.75 Å². The van der Waals surface area contributed by atoms with E-state index in [0.29, 0.717) is 31.0 Å². The summed E-state index contributed by atoms with van der Waals surface area (Å²) >= 11 is 1.72. The molecule has 0 atom stereocenters. The molecule has 1 aliphatic rings. The zero-order valence-electron chi connectivity index (χ0n) is 14.7. The van der Waals surface area contributed by atoms with E-state index in [1.165, 1.54) is 10.4 Å². The summed E-state index contributed by atoms with van der Waals surface area (Å²) in [6, 6.07) is 11.6. The molecule has 1 aliphatic heterocycles. The molecule has 1 amide bonds. The maximum absolute atomic E-state index is 12.9. The highest BCUT2D eigenvalue weighted by Gasteiger charge is 2.25. The van der Waals surface area contributed by atoms with Crippen LogP contribution in [-0.4, -0.2) is 48.6 Å². The summed E-state index contributed by atoms with van der Waals surface area (Å²) in [5.41, 5.74) is 2.90. The van der Waals surface area contributed by atoms with Crippen molar-refractivity contribution in [3.8, 4) is 5.75 Å². The number of amides is 1. The van der Waals surface area contributed by atoms with Crippen LogP contribution >= 0.6 is 11.3 Å². The normalized spacial score (nSPS) is 14.7. The average Bonchev–Trinajstić information content (AvgIpc) is 3.17. The number of fused-ring (bicyclic) bond motifs is 1. The summed E-state index contributed by atoms with van der Waals surface area (Å²) in [7, 11) is 0. The molecule has 0 N–H and O–H groups in total. The molecule has 0 unspecified atom stereocenters. The van der Waals surface area contributed by atoms with E-state index in [4.69, 9.17) is 4.74 Å². The monoisotopic (exact) mass is 367 g/mol.